The summed E-state index contributed by atoms with van der Waals surface area (Å²) in [6.07, 6.45) is -0.523. The summed E-state index contributed by atoms with van der Waals surface area (Å²) in [4.78, 5) is 4.52. The number of thiazole rings is 1. The number of rotatable bonds is 4. The van der Waals surface area contributed by atoms with Gasteiger partial charge in [0.05, 0.1) is 16.3 Å². The predicted octanol–water partition coefficient (Wildman–Crippen LogP) is 3.75. The second-order valence-corrected chi connectivity index (χ2v) is 5.83. The number of aliphatic hydroxyl groups is 1. The average Bonchev–Trinajstić information content (AvgIpc) is 2.87. The van der Waals surface area contributed by atoms with Crippen LogP contribution >= 0.6 is 11.3 Å². The highest BCUT2D eigenvalue weighted by molar-refractivity contribution is 7.22. The lowest BCUT2D eigenvalue weighted by Crippen LogP contribution is -2.11. The second-order valence-electron chi connectivity index (χ2n) is 4.80. The number of aryl methyl sites for hydroxylation is 1. The van der Waals surface area contributed by atoms with Crippen LogP contribution in [0.5, 0.6) is 0 Å². The van der Waals surface area contributed by atoms with E-state index < -0.39 is 6.10 Å². The van der Waals surface area contributed by atoms with Gasteiger partial charge in [0.25, 0.3) is 0 Å². The lowest BCUT2D eigenvalue weighted by molar-refractivity contribution is 0.191. The van der Waals surface area contributed by atoms with E-state index in [0.717, 1.165) is 16.2 Å². The van der Waals surface area contributed by atoms with E-state index in [-0.39, 0.29) is 0 Å². The molecular formula is C16H16N2OS. The third kappa shape index (κ3) is 2.81. The molecule has 4 heteroatoms. The van der Waals surface area contributed by atoms with Crippen LogP contribution in [0.15, 0.2) is 48.5 Å². The smallest absolute Gasteiger partial charge is 0.183 e. The molecule has 0 saturated heterocycles. The van der Waals surface area contributed by atoms with E-state index in [1.165, 1.54) is 10.3 Å². The summed E-state index contributed by atoms with van der Waals surface area (Å²) < 4.78 is 1.17. The molecule has 0 aliphatic rings. The van der Waals surface area contributed by atoms with Gasteiger partial charge in [-0.15, -0.1) is 0 Å². The van der Waals surface area contributed by atoms with Crippen molar-refractivity contribution in [1.82, 2.24) is 4.98 Å². The van der Waals surface area contributed by atoms with E-state index in [0.29, 0.717) is 6.54 Å². The number of fused-ring (bicyclic) bond motifs is 1. The van der Waals surface area contributed by atoms with Crippen molar-refractivity contribution in [3.8, 4) is 0 Å². The number of nitrogens with one attached hydrogen (secondary N) is 1. The molecule has 3 aromatic rings. The number of anilines is 1. The molecule has 1 heterocycles. The van der Waals surface area contributed by atoms with Crippen LogP contribution in [0.25, 0.3) is 10.2 Å². The number of aromatic nitrogens is 1. The van der Waals surface area contributed by atoms with Gasteiger partial charge in [-0.3, -0.25) is 0 Å². The standard InChI is InChI=1S/C16H16N2OS/c1-11-7-8-13-15(9-11)20-16(18-13)17-10-14(19)12-5-3-2-4-6-12/h2-9,14,19H,10H2,1H3,(H,17,18). The molecule has 20 heavy (non-hydrogen) atoms. The first-order valence-electron chi connectivity index (χ1n) is 6.56. The highest BCUT2D eigenvalue weighted by Gasteiger charge is 2.08. The summed E-state index contributed by atoms with van der Waals surface area (Å²) in [5.74, 6) is 0. The van der Waals surface area contributed by atoms with Crippen molar-refractivity contribution in [2.75, 3.05) is 11.9 Å². The van der Waals surface area contributed by atoms with Crippen molar-refractivity contribution in [2.24, 2.45) is 0 Å². The minimum atomic E-state index is -0.523. The Morgan fingerprint density at radius 1 is 1.20 bits per heavy atom. The molecule has 3 nitrogen and oxygen atoms in total. The molecule has 0 fully saturated rings. The van der Waals surface area contributed by atoms with Gasteiger partial charge < -0.3 is 10.4 Å². The molecule has 0 aliphatic heterocycles. The van der Waals surface area contributed by atoms with Crippen molar-refractivity contribution in [1.29, 1.82) is 0 Å². The molecule has 102 valence electrons. The largest absolute Gasteiger partial charge is 0.387 e. The summed E-state index contributed by atoms with van der Waals surface area (Å²) in [7, 11) is 0. The Hall–Kier alpha value is -1.91. The van der Waals surface area contributed by atoms with Crippen LogP contribution < -0.4 is 5.32 Å². The summed E-state index contributed by atoms with van der Waals surface area (Å²) in [6, 6.07) is 15.9. The Labute approximate surface area is 121 Å². The molecule has 2 aromatic carbocycles. The van der Waals surface area contributed by atoms with Crippen molar-refractivity contribution in [3.63, 3.8) is 0 Å². The van der Waals surface area contributed by atoms with Crippen LogP contribution in [0.2, 0.25) is 0 Å². The zero-order valence-corrected chi connectivity index (χ0v) is 12.0. The number of aliphatic hydroxyl groups excluding tert-OH is 1. The van der Waals surface area contributed by atoms with Gasteiger partial charge in [0.2, 0.25) is 0 Å². The third-order valence-corrected chi connectivity index (χ3v) is 4.15. The van der Waals surface area contributed by atoms with Crippen molar-refractivity contribution >= 4 is 26.7 Å². The van der Waals surface area contributed by atoms with Gasteiger partial charge in [0, 0.05) is 6.54 Å². The van der Waals surface area contributed by atoms with Crippen LogP contribution in [-0.2, 0) is 0 Å². The van der Waals surface area contributed by atoms with E-state index >= 15 is 0 Å². The van der Waals surface area contributed by atoms with Crippen LogP contribution in [0.4, 0.5) is 5.13 Å². The molecule has 0 spiro atoms. The number of benzene rings is 2. The Bertz CT molecular complexity index is 709. The topological polar surface area (TPSA) is 45.2 Å². The average molecular weight is 284 g/mol. The molecule has 0 bridgehead atoms. The van der Waals surface area contributed by atoms with Crippen molar-refractivity contribution in [2.45, 2.75) is 13.0 Å². The van der Waals surface area contributed by atoms with Gasteiger partial charge >= 0.3 is 0 Å². The second kappa shape index (κ2) is 5.61. The van der Waals surface area contributed by atoms with E-state index in [4.69, 9.17) is 0 Å². The fraction of sp³-hybridized carbons (Fsp3) is 0.188. The Morgan fingerprint density at radius 2 is 2.00 bits per heavy atom. The maximum absolute atomic E-state index is 10.1. The summed E-state index contributed by atoms with van der Waals surface area (Å²) >= 11 is 1.62. The van der Waals surface area contributed by atoms with Gasteiger partial charge in [-0.05, 0) is 30.2 Å². The highest BCUT2D eigenvalue weighted by Crippen LogP contribution is 2.27. The predicted molar refractivity (Wildman–Crippen MR) is 84.2 cm³/mol. The van der Waals surface area contributed by atoms with Gasteiger partial charge in [-0.1, -0.05) is 47.7 Å². The molecule has 0 saturated carbocycles. The quantitative estimate of drug-likeness (QED) is 0.767. The van der Waals surface area contributed by atoms with E-state index in [1.807, 2.05) is 36.4 Å². The van der Waals surface area contributed by atoms with Crippen molar-refractivity contribution in [3.05, 3.63) is 59.7 Å². The van der Waals surface area contributed by atoms with Crippen LogP contribution in [0.1, 0.15) is 17.2 Å². The number of hydrogen-bond donors (Lipinski definition) is 2. The maximum atomic E-state index is 10.1. The van der Waals surface area contributed by atoms with Crippen LogP contribution in [0, 0.1) is 6.92 Å². The van der Waals surface area contributed by atoms with Crippen molar-refractivity contribution < 1.29 is 5.11 Å². The van der Waals surface area contributed by atoms with Gasteiger partial charge in [0.1, 0.15) is 0 Å². The first kappa shape index (κ1) is 13.1. The molecule has 3 rings (SSSR count). The summed E-state index contributed by atoms with van der Waals surface area (Å²) in [5.41, 5.74) is 3.14. The van der Waals surface area contributed by atoms with E-state index in [2.05, 4.69) is 29.4 Å². The molecule has 1 aromatic heterocycles. The zero-order chi connectivity index (χ0) is 13.9. The molecule has 1 atom stereocenters. The summed E-state index contributed by atoms with van der Waals surface area (Å²) in [5, 5.41) is 14.2. The number of nitrogens with zero attached hydrogens (tertiary/aromatic N) is 1. The van der Waals surface area contributed by atoms with Gasteiger partial charge in [-0.25, -0.2) is 4.98 Å². The van der Waals surface area contributed by atoms with E-state index in [1.54, 1.807) is 11.3 Å². The molecule has 0 amide bonds. The molecule has 1 unspecified atom stereocenters. The SMILES string of the molecule is Cc1ccc2nc(NCC(O)c3ccccc3)sc2c1. The number of hydrogen-bond acceptors (Lipinski definition) is 4. The van der Waals surface area contributed by atoms with Crippen LogP contribution in [-0.4, -0.2) is 16.6 Å². The molecule has 0 aliphatic carbocycles. The van der Waals surface area contributed by atoms with Crippen LogP contribution in [0.3, 0.4) is 0 Å². The highest BCUT2D eigenvalue weighted by atomic mass is 32.1. The zero-order valence-electron chi connectivity index (χ0n) is 11.2. The first-order chi connectivity index (χ1) is 9.72. The summed E-state index contributed by atoms with van der Waals surface area (Å²) in [6.45, 7) is 2.54. The first-order valence-corrected chi connectivity index (χ1v) is 7.38. The lowest BCUT2D eigenvalue weighted by Gasteiger charge is -2.10. The molecule has 2 N–H and O–H groups in total. The Morgan fingerprint density at radius 3 is 2.80 bits per heavy atom. The minimum Gasteiger partial charge on any atom is -0.387 e. The van der Waals surface area contributed by atoms with Gasteiger partial charge in [-0.2, -0.15) is 0 Å². The van der Waals surface area contributed by atoms with E-state index in [9.17, 15) is 5.11 Å². The Balaban J connectivity index is 1.71. The minimum absolute atomic E-state index is 0.461. The lowest BCUT2D eigenvalue weighted by atomic mass is 10.1. The third-order valence-electron chi connectivity index (χ3n) is 3.17. The fourth-order valence-corrected chi connectivity index (χ4v) is 3.06. The monoisotopic (exact) mass is 284 g/mol. The normalized spacial score (nSPS) is 12.5. The Kier molecular flexibility index (Phi) is 3.67. The fourth-order valence-electron chi connectivity index (χ4n) is 2.08. The molecule has 0 radical (unpaired) electrons. The maximum Gasteiger partial charge on any atom is 0.183 e. The van der Waals surface area contributed by atoms with Gasteiger partial charge in [0.15, 0.2) is 5.13 Å². The molecular weight excluding hydrogens is 268 g/mol.